The molecule has 4 rings (SSSR count). The third-order valence-electron chi connectivity index (χ3n) is 5.98. The van der Waals surface area contributed by atoms with Gasteiger partial charge in [0, 0.05) is 58.0 Å². The van der Waals surface area contributed by atoms with Crippen molar-refractivity contribution in [3.63, 3.8) is 0 Å². The highest BCUT2D eigenvalue weighted by molar-refractivity contribution is 6.05. The summed E-state index contributed by atoms with van der Waals surface area (Å²) < 4.78 is 14.1. The number of carbonyl (C=O) groups excluding carboxylic acids is 1. The minimum atomic E-state index is -0.896. The van der Waals surface area contributed by atoms with Crippen LogP contribution in [0.2, 0.25) is 0 Å². The fourth-order valence-electron chi connectivity index (χ4n) is 4.21. The molecule has 0 radical (unpaired) electrons. The van der Waals surface area contributed by atoms with Crippen LogP contribution in [0.3, 0.4) is 0 Å². The molecule has 0 saturated heterocycles. The van der Waals surface area contributed by atoms with E-state index in [1.54, 1.807) is 18.3 Å². The minimum Gasteiger partial charge on any atom is -0.355 e. The standard InChI is InChI=1S/C29H30FN5O/c1-4-27(26-17-21(30)11-12-28(26)31-3)34-22-8-5-7-20(16-22)29(36)35-24-10-6-9-23(18-24)33-25-13-14-32-19(2)15-25/h4-10,13-16,18,21,34H,3,11-12,17H2,1-2H3,(H,32,33)(H,35,36)/b27-4+. The van der Waals surface area contributed by atoms with Gasteiger partial charge in [-0.25, -0.2) is 4.39 Å². The first-order valence-corrected chi connectivity index (χ1v) is 11.9. The average molecular weight is 484 g/mol. The van der Waals surface area contributed by atoms with Crippen LogP contribution in [0.4, 0.5) is 27.1 Å². The van der Waals surface area contributed by atoms with E-state index >= 15 is 0 Å². The number of carbonyl (C=O) groups is 1. The smallest absolute Gasteiger partial charge is 0.255 e. The van der Waals surface area contributed by atoms with Gasteiger partial charge in [-0.3, -0.25) is 14.8 Å². The van der Waals surface area contributed by atoms with Crippen molar-refractivity contribution in [2.75, 3.05) is 16.0 Å². The minimum absolute atomic E-state index is 0.230. The molecule has 7 heteroatoms. The van der Waals surface area contributed by atoms with Gasteiger partial charge in [-0.05, 0) is 87.5 Å². The molecule has 0 aliphatic heterocycles. The van der Waals surface area contributed by atoms with Crippen molar-refractivity contribution in [3.05, 3.63) is 101 Å². The predicted molar refractivity (Wildman–Crippen MR) is 146 cm³/mol. The molecule has 0 spiro atoms. The second-order valence-electron chi connectivity index (χ2n) is 8.68. The third kappa shape index (κ3) is 6.24. The van der Waals surface area contributed by atoms with E-state index < -0.39 is 6.17 Å². The Hall–Kier alpha value is -4.26. The maximum Gasteiger partial charge on any atom is 0.255 e. The Morgan fingerprint density at radius 3 is 2.53 bits per heavy atom. The van der Waals surface area contributed by atoms with Crippen LogP contribution >= 0.6 is 0 Å². The number of hydrogen-bond acceptors (Lipinski definition) is 5. The van der Waals surface area contributed by atoms with Crippen LogP contribution < -0.4 is 16.0 Å². The lowest BCUT2D eigenvalue weighted by Crippen LogP contribution is -2.16. The first-order chi connectivity index (χ1) is 17.4. The number of allylic oxidation sites excluding steroid dienone is 3. The van der Waals surface area contributed by atoms with E-state index in [0.29, 0.717) is 30.5 Å². The molecule has 1 aromatic heterocycles. The molecule has 3 aromatic rings. The number of alkyl halides is 1. The molecule has 0 bridgehead atoms. The predicted octanol–water partition coefficient (Wildman–Crippen LogP) is 7.18. The molecule has 1 atom stereocenters. The molecule has 0 saturated carbocycles. The summed E-state index contributed by atoms with van der Waals surface area (Å²) in [4.78, 5) is 21.3. The number of pyridine rings is 1. The number of aromatic nitrogens is 1. The van der Waals surface area contributed by atoms with Crippen LogP contribution in [-0.2, 0) is 0 Å². The van der Waals surface area contributed by atoms with Gasteiger partial charge >= 0.3 is 0 Å². The monoisotopic (exact) mass is 483 g/mol. The topological polar surface area (TPSA) is 78.4 Å². The summed E-state index contributed by atoms with van der Waals surface area (Å²) in [5.74, 6) is -0.230. The molecule has 36 heavy (non-hydrogen) atoms. The summed E-state index contributed by atoms with van der Waals surface area (Å²) in [6, 6.07) is 18.6. The van der Waals surface area contributed by atoms with E-state index in [-0.39, 0.29) is 5.91 Å². The van der Waals surface area contributed by atoms with Crippen LogP contribution in [0.1, 0.15) is 42.2 Å². The summed E-state index contributed by atoms with van der Waals surface area (Å²) >= 11 is 0. The van der Waals surface area contributed by atoms with Crippen molar-refractivity contribution >= 4 is 35.4 Å². The van der Waals surface area contributed by atoms with Gasteiger partial charge in [-0.15, -0.1) is 0 Å². The number of halogens is 1. The molecular formula is C29H30FN5O. The van der Waals surface area contributed by atoms with E-state index in [0.717, 1.165) is 39.7 Å². The summed E-state index contributed by atoms with van der Waals surface area (Å²) in [7, 11) is 0. The second kappa shape index (κ2) is 11.4. The number of amides is 1. The van der Waals surface area contributed by atoms with E-state index in [2.05, 4.69) is 32.6 Å². The lowest BCUT2D eigenvalue weighted by Gasteiger charge is -2.23. The zero-order valence-electron chi connectivity index (χ0n) is 20.5. The second-order valence-corrected chi connectivity index (χ2v) is 8.68. The van der Waals surface area contributed by atoms with Crippen molar-refractivity contribution in [2.24, 2.45) is 4.99 Å². The SMILES string of the molecule is C=NC1=C(/C(=C\C)Nc2cccc(C(=O)Nc3cccc(Nc4ccnc(C)c4)c3)c2)CC(F)CC1. The van der Waals surface area contributed by atoms with Crippen molar-refractivity contribution < 1.29 is 9.18 Å². The quantitative estimate of drug-likeness (QED) is 0.297. The Balaban J connectivity index is 1.47. The molecule has 2 aromatic carbocycles. The molecule has 1 aliphatic rings. The first-order valence-electron chi connectivity index (χ1n) is 11.9. The number of anilines is 4. The largest absolute Gasteiger partial charge is 0.355 e. The van der Waals surface area contributed by atoms with Gasteiger partial charge in [0.1, 0.15) is 6.17 Å². The summed E-state index contributed by atoms with van der Waals surface area (Å²) in [5, 5.41) is 9.62. The summed E-state index contributed by atoms with van der Waals surface area (Å²) in [6.07, 6.45) is 4.07. The Morgan fingerprint density at radius 2 is 1.78 bits per heavy atom. The normalized spacial score (nSPS) is 15.9. The van der Waals surface area contributed by atoms with Crippen molar-refractivity contribution in [2.45, 2.75) is 39.3 Å². The Kier molecular flexibility index (Phi) is 7.90. The van der Waals surface area contributed by atoms with Crippen LogP contribution in [0.15, 0.2) is 94.9 Å². The van der Waals surface area contributed by atoms with Crippen molar-refractivity contribution in [1.29, 1.82) is 0 Å². The Morgan fingerprint density at radius 1 is 1.06 bits per heavy atom. The zero-order valence-corrected chi connectivity index (χ0v) is 20.5. The number of benzene rings is 2. The molecule has 0 fully saturated rings. The van der Waals surface area contributed by atoms with Gasteiger partial charge in [-0.1, -0.05) is 18.2 Å². The fourth-order valence-corrected chi connectivity index (χ4v) is 4.21. The van der Waals surface area contributed by atoms with E-state index in [1.807, 2.05) is 68.5 Å². The highest BCUT2D eigenvalue weighted by atomic mass is 19.1. The van der Waals surface area contributed by atoms with Gasteiger partial charge < -0.3 is 16.0 Å². The summed E-state index contributed by atoms with van der Waals surface area (Å²) in [6.45, 7) is 7.47. The maximum absolute atomic E-state index is 14.1. The average Bonchev–Trinajstić information content (AvgIpc) is 2.87. The zero-order chi connectivity index (χ0) is 25.5. The third-order valence-corrected chi connectivity index (χ3v) is 5.98. The highest BCUT2D eigenvalue weighted by Gasteiger charge is 2.22. The molecule has 1 aliphatic carbocycles. The van der Waals surface area contributed by atoms with E-state index in [4.69, 9.17) is 0 Å². The van der Waals surface area contributed by atoms with Crippen LogP contribution in [0.5, 0.6) is 0 Å². The maximum atomic E-state index is 14.1. The highest BCUT2D eigenvalue weighted by Crippen LogP contribution is 2.33. The van der Waals surface area contributed by atoms with E-state index in [1.165, 1.54) is 0 Å². The van der Waals surface area contributed by atoms with Gasteiger partial charge in [-0.2, -0.15) is 0 Å². The molecule has 1 unspecified atom stereocenters. The number of hydrogen-bond donors (Lipinski definition) is 3. The molecular weight excluding hydrogens is 453 g/mol. The lowest BCUT2D eigenvalue weighted by molar-refractivity contribution is 0.102. The number of nitrogens with one attached hydrogen (secondary N) is 3. The number of nitrogens with zero attached hydrogens (tertiary/aromatic N) is 2. The number of aryl methyl sites for hydroxylation is 1. The van der Waals surface area contributed by atoms with Gasteiger partial charge in [0.25, 0.3) is 5.91 Å². The molecule has 6 nitrogen and oxygen atoms in total. The lowest BCUT2D eigenvalue weighted by atomic mass is 9.92. The number of aliphatic imine (C=N–C) groups is 1. The number of rotatable bonds is 8. The van der Waals surface area contributed by atoms with Gasteiger partial charge in [0.05, 0.1) is 0 Å². The van der Waals surface area contributed by atoms with Crippen LogP contribution in [-0.4, -0.2) is 23.8 Å². The van der Waals surface area contributed by atoms with Crippen LogP contribution in [0.25, 0.3) is 0 Å². The molecule has 1 amide bonds. The van der Waals surface area contributed by atoms with Crippen molar-refractivity contribution in [1.82, 2.24) is 4.98 Å². The molecule has 3 N–H and O–H groups in total. The van der Waals surface area contributed by atoms with E-state index in [9.17, 15) is 9.18 Å². The summed E-state index contributed by atoms with van der Waals surface area (Å²) in [5.41, 5.74) is 7.02. The molecule has 1 heterocycles. The first kappa shape index (κ1) is 24.9. The van der Waals surface area contributed by atoms with Crippen molar-refractivity contribution in [3.8, 4) is 0 Å². The van der Waals surface area contributed by atoms with Crippen LogP contribution in [0, 0.1) is 6.92 Å². The fraction of sp³-hybridized carbons (Fsp3) is 0.207. The van der Waals surface area contributed by atoms with Gasteiger partial charge in [0.15, 0.2) is 0 Å². The van der Waals surface area contributed by atoms with Gasteiger partial charge in [0.2, 0.25) is 0 Å². The molecule has 184 valence electrons. The Bertz CT molecular complexity index is 1330. The Labute approximate surface area is 211 Å².